The number of halogens is 2. The first-order chi connectivity index (χ1) is 8.91. The fraction of sp³-hybridized carbons (Fsp3) is 0.462. The average molecular weight is 305 g/mol. The quantitative estimate of drug-likeness (QED) is 0.791. The van der Waals surface area contributed by atoms with E-state index in [1.165, 1.54) is 4.90 Å². The Hall–Kier alpha value is -0.810. The van der Waals surface area contributed by atoms with E-state index in [0.29, 0.717) is 35.1 Å². The number of amides is 1. The summed E-state index contributed by atoms with van der Waals surface area (Å²) < 4.78 is 0. The van der Waals surface area contributed by atoms with Gasteiger partial charge in [0.05, 0.1) is 6.10 Å². The first-order valence-electron chi connectivity index (χ1n) is 5.95. The molecule has 0 aliphatic heterocycles. The van der Waals surface area contributed by atoms with Crippen molar-refractivity contribution in [2.75, 3.05) is 27.2 Å². The molecule has 0 fully saturated rings. The summed E-state index contributed by atoms with van der Waals surface area (Å²) in [5.74, 6) is 0.0442. The summed E-state index contributed by atoms with van der Waals surface area (Å²) in [5.41, 5.74) is 0.584. The van der Waals surface area contributed by atoms with Crippen molar-refractivity contribution < 1.29 is 9.90 Å². The fourth-order valence-electron chi connectivity index (χ4n) is 1.54. The first kappa shape index (κ1) is 16.2. The van der Waals surface area contributed by atoms with Gasteiger partial charge >= 0.3 is 0 Å². The molecule has 0 radical (unpaired) electrons. The summed E-state index contributed by atoms with van der Waals surface area (Å²) in [6.45, 7) is 0.826. The SMILES string of the molecule is CN(C)C(=O)CCNCC(O)c1cc(Cl)ccc1Cl. The standard InChI is InChI=1S/C13H18Cl2N2O2/c1-17(2)13(19)5-6-16-8-12(18)10-7-9(14)3-4-11(10)15/h3-4,7,12,16,18H,5-6,8H2,1-2H3. The van der Waals surface area contributed by atoms with Crippen molar-refractivity contribution in [3.8, 4) is 0 Å². The van der Waals surface area contributed by atoms with E-state index in [2.05, 4.69) is 5.32 Å². The average Bonchev–Trinajstić information content (AvgIpc) is 2.36. The van der Waals surface area contributed by atoms with E-state index in [1.54, 1.807) is 32.3 Å². The number of rotatable bonds is 6. The van der Waals surface area contributed by atoms with E-state index in [4.69, 9.17) is 23.2 Å². The molecular formula is C13H18Cl2N2O2. The first-order valence-corrected chi connectivity index (χ1v) is 6.71. The molecule has 6 heteroatoms. The van der Waals surface area contributed by atoms with Crippen molar-refractivity contribution >= 4 is 29.1 Å². The maximum absolute atomic E-state index is 11.3. The number of aliphatic hydroxyl groups excluding tert-OH is 1. The largest absolute Gasteiger partial charge is 0.387 e. The van der Waals surface area contributed by atoms with Crippen LogP contribution < -0.4 is 5.32 Å². The number of nitrogens with zero attached hydrogens (tertiary/aromatic N) is 1. The Morgan fingerprint density at radius 1 is 1.42 bits per heavy atom. The molecular weight excluding hydrogens is 287 g/mol. The van der Waals surface area contributed by atoms with E-state index >= 15 is 0 Å². The molecule has 4 nitrogen and oxygen atoms in total. The molecule has 0 aliphatic carbocycles. The monoisotopic (exact) mass is 304 g/mol. The zero-order chi connectivity index (χ0) is 14.4. The normalized spacial score (nSPS) is 12.3. The minimum Gasteiger partial charge on any atom is -0.387 e. The second-order valence-electron chi connectivity index (χ2n) is 4.42. The van der Waals surface area contributed by atoms with Gasteiger partial charge < -0.3 is 15.3 Å². The molecule has 0 aromatic heterocycles. The van der Waals surface area contributed by atoms with E-state index in [0.717, 1.165) is 0 Å². The van der Waals surface area contributed by atoms with Crippen LogP contribution in [-0.2, 0) is 4.79 Å². The zero-order valence-electron chi connectivity index (χ0n) is 11.0. The second kappa shape index (κ2) is 7.70. The highest BCUT2D eigenvalue weighted by atomic mass is 35.5. The summed E-state index contributed by atoms with van der Waals surface area (Å²) >= 11 is 11.8. The number of nitrogens with one attached hydrogen (secondary N) is 1. The Morgan fingerprint density at radius 2 is 2.11 bits per heavy atom. The maximum atomic E-state index is 11.3. The van der Waals surface area contributed by atoms with Crippen LogP contribution in [0.2, 0.25) is 10.0 Å². The van der Waals surface area contributed by atoms with Gasteiger partial charge in [0, 0.05) is 49.2 Å². The molecule has 1 atom stereocenters. The van der Waals surface area contributed by atoms with Crippen LogP contribution >= 0.6 is 23.2 Å². The number of benzene rings is 1. The van der Waals surface area contributed by atoms with Gasteiger partial charge in [-0.3, -0.25) is 4.79 Å². The predicted molar refractivity (Wildman–Crippen MR) is 77.6 cm³/mol. The lowest BCUT2D eigenvalue weighted by Gasteiger charge is -2.15. The molecule has 1 unspecified atom stereocenters. The third kappa shape index (κ3) is 5.37. The smallest absolute Gasteiger partial charge is 0.223 e. The Kier molecular flexibility index (Phi) is 6.58. The van der Waals surface area contributed by atoms with Gasteiger partial charge in [-0.25, -0.2) is 0 Å². The molecule has 106 valence electrons. The Bertz CT molecular complexity index is 439. The molecule has 1 aromatic carbocycles. The highest BCUT2D eigenvalue weighted by Gasteiger charge is 2.12. The van der Waals surface area contributed by atoms with Gasteiger partial charge in [0.25, 0.3) is 0 Å². The van der Waals surface area contributed by atoms with Gasteiger partial charge in [-0.15, -0.1) is 0 Å². The minimum absolute atomic E-state index is 0.0442. The van der Waals surface area contributed by atoms with Crippen LogP contribution in [0.25, 0.3) is 0 Å². The summed E-state index contributed by atoms with van der Waals surface area (Å²) in [6, 6.07) is 4.96. The number of aliphatic hydroxyl groups is 1. The van der Waals surface area contributed by atoms with Gasteiger partial charge in [-0.2, -0.15) is 0 Å². The molecule has 0 saturated carbocycles. The molecule has 0 aliphatic rings. The van der Waals surface area contributed by atoms with Gasteiger partial charge in [0.1, 0.15) is 0 Å². The number of hydrogen-bond acceptors (Lipinski definition) is 3. The van der Waals surface area contributed by atoms with Crippen LogP contribution in [0.15, 0.2) is 18.2 Å². The van der Waals surface area contributed by atoms with Crippen molar-refractivity contribution in [3.05, 3.63) is 33.8 Å². The lowest BCUT2D eigenvalue weighted by molar-refractivity contribution is -0.128. The van der Waals surface area contributed by atoms with Crippen LogP contribution in [0.1, 0.15) is 18.1 Å². The molecule has 0 spiro atoms. The van der Waals surface area contributed by atoms with Gasteiger partial charge in [-0.1, -0.05) is 23.2 Å². The number of carbonyl (C=O) groups excluding carboxylic acids is 1. The molecule has 1 amide bonds. The predicted octanol–water partition coefficient (Wildman–Crippen LogP) is 2.09. The van der Waals surface area contributed by atoms with E-state index in [9.17, 15) is 9.90 Å². The minimum atomic E-state index is -0.749. The van der Waals surface area contributed by atoms with Crippen molar-refractivity contribution in [3.63, 3.8) is 0 Å². The van der Waals surface area contributed by atoms with Crippen LogP contribution in [0, 0.1) is 0 Å². The molecule has 2 N–H and O–H groups in total. The lowest BCUT2D eigenvalue weighted by atomic mass is 10.1. The molecule has 19 heavy (non-hydrogen) atoms. The van der Waals surface area contributed by atoms with Crippen molar-refractivity contribution in [1.29, 1.82) is 0 Å². The maximum Gasteiger partial charge on any atom is 0.223 e. The van der Waals surface area contributed by atoms with E-state index < -0.39 is 6.10 Å². The lowest BCUT2D eigenvalue weighted by Crippen LogP contribution is -2.29. The topological polar surface area (TPSA) is 52.6 Å². The van der Waals surface area contributed by atoms with Crippen molar-refractivity contribution in [2.45, 2.75) is 12.5 Å². The van der Waals surface area contributed by atoms with Crippen molar-refractivity contribution in [2.24, 2.45) is 0 Å². The fourth-order valence-corrected chi connectivity index (χ4v) is 1.96. The van der Waals surface area contributed by atoms with E-state index in [1.807, 2.05) is 0 Å². The molecule has 0 heterocycles. The molecule has 1 rings (SSSR count). The molecule has 0 saturated heterocycles. The molecule has 0 bridgehead atoms. The van der Waals surface area contributed by atoms with Crippen molar-refractivity contribution in [1.82, 2.24) is 10.2 Å². The highest BCUT2D eigenvalue weighted by molar-refractivity contribution is 6.33. The summed E-state index contributed by atoms with van der Waals surface area (Å²) in [7, 11) is 3.42. The van der Waals surface area contributed by atoms with E-state index in [-0.39, 0.29) is 5.91 Å². The summed E-state index contributed by atoms with van der Waals surface area (Å²) in [4.78, 5) is 12.9. The van der Waals surface area contributed by atoms with Crippen LogP contribution in [0.5, 0.6) is 0 Å². The third-order valence-corrected chi connectivity index (χ3v) is 3.25. The highest BCUT2D eigenvalue weighted by Crippen LogP contribution is 2.25. The van der Waals surface area contributed by atoms with Crippen LogP contribution in [-0.4, -0.2) is 43.1 Å². The zero-order valence-corrected chi connectivity index (χ0v) is 12.5. The summed E-state index contributed by atoms with van der Waals surface area (Å²) in [5, 5.41) is 14.0. The van der Waals surface area contributed by atoms with Crippen LogP contribution in [0.3, 0.4) is 0 Å². The number of carbonyl (C=O) groups is 1. The van der Waals surface area contributed by atoms with Gasteiger partial charge in [0.2, 0.25) is 5.91 Å². The molecule has 1 aromatic rings. The number of hydrogen-bond donors (Lipinski definition) is 2. The third-order valence-electron chi connectivity index (χ3n) is 2.67. The second-order valence-corrected chi connectivity index (χ2v) is 5.27. The van der Waals surface area contributed by atoms with Gasteiger partial charge in [0.15, 0.2) is 0 Å². The van der Waals surface area contributed by atoms with Crippen LogP contribution in [0.4, 0.5) is 0 Å². The Balaban J connectivity index is 2.41. The summed E-state index contributed by atoms with van der Waals surface area (Å²) in [6.07, 6.45) is -0.358. The Labute approximate surface area is 123 Å². The van der Waals surface area contributed by atoms with Gasteiger partial charge in [-0.05, 0) is 18.2 Å². The Morgan fingerprint density at radius 3 is 2.74 bits per heavy atom.